The molecule has 0 saturated carbocycles. The zero-order valence-corrected chi connectivity index (χ0v) is 9.61. The van der Waals surface area contributed by atoms with Crippen LogP contribution in [0.5, 0.6) is 5.75 Å². The van der Waals surface area contributed by atoms with Crippen LogP contribution >= 0.6 is 11.6 Å². The third-order valence-electron chi connectivity index (χ3n) is 1.97. The van der Waals surface area contributed by atoms with Gasteiger partial charge in [-0.25, -0.2) is 0 Å². The summed E-state index contributed by atoms with van der Waals surface area (Å²) in [7, 11) is 0. The topological polar surface area (TPSA) is 52.4 Å². The van der Waals surface area contributed by atoms with Crippen LogP contribution in [0.4, 0.5) is 5.69 Å². The van der Waals surface area contributed by atoms with Crippen LogP contribution in [0.25, 0.3) is 0 Å². The van der Waals surface area contributed by atoms with E-state index in [0.29, 0.717) is 11.6 Å². The zero-order chi connectivity index (χ0) is 12.0. The standard InChI is InChI=1S/C11H12ClNO3/c1-9-5-4-6-10(13(14)15)11(9)16-8-3-2-7-12/h2-6H,7-8H2,1H3/b3-2+. The summed E-state index contributed by atoms with van der Waals surface area (Å²) in [6.45, 7) is 2.05. The van der Waals surface area contributed by atoms with Crippen LogP contribution in [0.2, 0.25) is 0 Å². The Morgan fingerprint density at radius 2 is 2.25 bits per heavy atom. The molecule has 0 aliphatic heterocycles. The van der Waals surface area contributed by atoms with Gasteiger partial charge in [-0.2, -0.15) is 0 Å². The van der Waals surface area contributed by atoms with Gasteiger partial charge in [0.05, 0.1) is 4.92 Å². The number of halogens is 1. The summed E-state index contributed by atoms with van der Waals surface area (Å²) < 4.78 is 5.34. The van der Waals surface area contributed by atoms with Gasteiger partial charge in [0.2, 0.25) is 0 Å². The normalized spacial score (nSPS) is 10.6. The molecular weight excluding hydrogens is 230 g/mol. The highest BCUT2D eigenvalue weighted by Gasteiger charge is 2.16. The number of benzene rings is 1. The number of hydrogen-bond donors (Lipinski definition) is 0. The maximum atomic E-state index is 10.7. The van der Waals surface area contributed by atoms with Crippen molar-refractivity contribution >= 4 is 17.3 Å². The van der Waals surface area contributed by atoms with Gasteiger partial charge in [0.25, 0.3) is 0 Å². The van der Waals surface area contributed by atoms with E-state index in [1.165, 1.54) is 6.07 Å². The van der Waals surface area contributed by atoms with Gasteiger partial charge in [-0.05, 0) is 12.5 Å². The lowest BCUT2D eigenvalue weighted by Crippen LogP contribution is -2.00. The van der Waals surface area contributed by atoms with E-state index in [4.69, 9.17) is 16.3 Å². The summed E-state index contributed by atoms with van der Waals surface area (Å²) in [6.07, 6.45) is 3.45. The van der Waals surface area contributed by atoms with E-state index < -0.39 is 4.92 Å². The highest BCUT2D eigenvalue weighted by molar-refractivity contribution is 6.18. The molecule has 0 aliphatic rings. The van der Waals surface area contributed by atoms with Crippen molar-refractivity contribution in [2.45, 2.75) is 6.92 Å². The van der Waals surface area contributed by atoms with E-state index in [0.717, 1.165) is 5.56 Å². The molecule has 1 rings (SSSR count). The fourth-order valence-corrected chi connectivity index (χ4v) is 1.36. The predicted octanol–water partition coefficient (Wildman–Crippen LogP) is 3.08. The number of nitro groups is 1. The number of aryl methyl sites for hydroxylation is 1. The fourth-order valence-electron chi connectivity index (χ4n) is 1.23. The largest absolute Gasteiger partial charge is 0.482 e. The van der Waals surface area contributed by atoms with Gasteiger partial charge in [-0.15, -0.1) is 11.6 Å². The average Bonchev–Trinajstić information content (AvgIpc) is 2.25. The minimum absolute atomic E-state index is 0.0146. The molecule has 0 radical (unpaired) electrons. The lowest BCUT2D eigenvalue weighted by molar-refractivity contribution is -0.385. The molecule has 16 heavy (non-hydrogen) atoms. The molecule has 1 aromatic rings. The quantitative estimate of drug-likeness (QED) is 0.345. The van der Waals surface area contributed by atoms with Crippen LogP contribution < -0.4 is 4.74 Å². The Hall–Kier alpha value is -1.55. The molecule has 5 heteroatoms. The predicted molar refractivity (Wildman–Crippen MR) is 63.2 cm³/mol. The molecule has 86 valence electrons. The molecule has 0 spiro atoms. The molecule has 0 N–H and O–H groups in total. The van der Waals surface area contributed by atoms with Crippen molar-refractivity contribution in [2.75, 3.05) is 12.5 Å². The second-order valence-corrected chi connectivity index (χ2v) is 3.43. The summed E-state index contributed by atoms with van der Waals surface area (Å²) in [5.41, 5.74) is 0.729. The van der Waals surface area contributed by atoms with Gasteiger partial charge in [0.15, 0.2) is 5.75 Å². The highest BCUT2D eigenvalue weighted by Crippen LogP contribution is 2.30. The van der Waals surface area contributed by atoms with Gasteiger partial charge in [-0.1, -0.05) is 24.3 Å². The van der Waals surface area contributed by atoms with Crippen LogP contribution in [0.1, 0.15) is 5.56 Å². The van der Waals surface area contributed by atoms with Gasteiger partial charge in [-0.3, -0.25) is 10.1 Å². The number of alkyl halides is 1. The number of nitrogens with zero attached hydrogens (tertiary/aromatic N) is 1. The van der Waals surface area contributed by atoms with Gasteiger partial charge in [0, 0.05) is 11.9 Å². The Kier molecular flexibility index (Phi) is 4.79. The average molecular weight is 242 g/mol. The number of hydrogen-bond acceptors (Lipinski definition) is 3. The first-order valence-electron chi connectivity index (χ1n) is 4.74. The number of allylic oxidation sites excluding steroid dienone is 1. The molecule has 0 saturated heterocycles. The van der Waals surface area contributed by atoms with Crippen molar-refractivity contribution in [1.29, 1.82) is 0 Å². The molecule has 0 fully saturated rings. The van der Waals surface area contributed by atoms with Crippen LogP contribution in [-0.2, 0) is 0 Å². The molecule has 0 aromatic heterocycles. The lowest BCUT2D eigenvalue weighted by atomic mass is 10.2. The molecule has 0 bridgehead atoms. The third kappa shape index (κ3) is 3.24. The Labute approximate surface area is 98.6 Å². The summed E-state index contributed by atoms with van der Waals surface area (Å²) in [5.74, 6) is 0.714. The van der Waals surface area contributed by atoms with Crippen molar-refractivity contribution < 1.29 is 9.66 Å². The van der Waals surface area contributed by atoms with E-state index in [1.54, 1.807) is 31.2 Å². The van der Waals surface area contributed by atoms with Crippen LogP contribution in [0, 0.1) is 17.0 Å². The SMILES string of the molecule is Cc1cccc([N+](=O)[O-])c1OC/C=C/CCl. The van der Waals surface area contributed by atoms with Gasteiger partial charge < -0.3 is 4.74 Å². The van der Waals surface area contributed by atoms with Crippen LogP contribution in [0.3, 0.4) is 0 Å². The van der Waals surface area contributed by atoms with E-state index in [2.05, 4.69) is 0 Å². The number of nitro benzene ring substituents is 1. The van der Waals surface area contributed by atoms with E-state index >= 15 is 0 Å². The van der Waals surface area contributed by atoms with E-state index in [1.807, 2.05) is 0 Å². The lowest BCUT2D eigenvalue weighted by Gasteiger charge is -2.06. The summed E-state index contributed by atoms with van der Waals surface area (Å²) in [4.78, 5) is 10.3. The number of ether oxygens (including phenoxy) is 1. The van der Waals surface area contributed by atoms with E-state index in [9.17, 15) is 10.1 Å². The molecule has 0 atom stereocenters. The fraction of sp³-hybridized carbons (Fsp3) is 0.273. The summed E-state index contributed by atoms with van der Waals surface area (Å²) >= 11 is 5.45. The van der Waals surface area contributed by atoms with Crippen LogP contribution in [-0.4, -0.2) is 17.4 Å². The molecule has 0 aliphatic carbocycles. The number of rotatable bonds is 5. The second-order valence-electron chi connectivity index (χ2n) is 3.12. The van der Waals surface area contributed by atoms with Gasteiger partial charge in [0.1, 0.15) is 6.61 Å². The minimum atomic E-state index is -0.451. The highest BCUT2D eigenvalue weighted by atomic mass is 35.5. The second kappa shape index (κ2) is 6.12. The van der Waals surface area contributed by atoms with Crippen molar-refractivity contribution in [3.8, 4) is 5.75 Å². The first-order valence-corrected chi connectivity index (χ1v) is 5.28. The summed E-state index contributed by atoms with van der Waals surface area (Å²) in [5, 5.41) is 10.7. The van der Waals surface area contributed by atoms with Crippen molar-refractivity contribution in [1.82, 2.24) is 0 Å². The molecule has 0 heterocycles. The maximum absolute atomic E-state index is 10.7. The van der Waals surface area contributed by atoms with Crippen molar-refractivity contribution in [2.24, 2.45) is 0 Å². The Balaban J connectivity index is 2.84. The van der Waals surface area contributed by atoms with Crippen molar-refractivity contribution in [3.05, 3.63) is 46.0 Å². The molecule has 0 amide bonds. The van der Waals surface area contributed by atoms with Crippen LogP contribution in [0.15, 0.2) is 30.4 Å². The maximum Gasteiger partial charge on any atom is 0.311 e. The first kappa shape index (κ1) is 12.5. The third-order valence-corrected chi connectivity index (χ3v) is 2.15. The Morgan fingerprint density at radius 1 is 1.50 bits per heavy atom. The first-order chi connectivity index (χ1) is 7.66. The zero-order valence-electron chi connectivity index (χ0n) is 8.85. The molecular formula is C11H12ClNO3. The molecule has 1 aromatic carbocycles. The molecule has 4 nitrogen and oxygen atoms in total. The monoisotopic (exact) mass is 241 g/mol. The van der Waals surface area contributed by atoms with Crippen molar-refractivity contribution in [3.63, 3.8) is 0 Å². The summed E-state index contributed by atoms with van der Waals surface area (Å²) in [6, 6.07) is 4.83. The number of para-hydroxylation sites is 1. The minimum Gasteiger partial charge on any atom is -0.482 e. The smallest absolute Gasteiger partial charge is 0.311 e. The molecule has 0 unspecified atom stereocenters. The van der Waals surface area contributed by atoms with Gasteiger partial charge >= 0.3 is 5.69 Å². The van der Waals surface area contributed by atoms with E-state index in [-0.39, 0.29) is 12.3 Å². The Bertz CT molecular complexity index is 404. The Morgan fingerprint density at radius 3 is 2.88 bits per heavy atom.